The number of allylic oxidation sites excluding steroid dienone is 4. The maximum absolute atomic E-state index is 14.9. The molecule has 4 amide bonds. The van der Waals surface area contributed by atoms with Gasteiger partial charge in [-0.15, -0.1) is 0 Å². The van der Waals surface area contributed by atoms with Crippen molar-refractivity contribution in [2.45, 2.75) is 269 Å². The minimum Gasteiger partial charge on any atom is -0.491 e. The summed E-state index contributed by atoms with van der Waals surface area (Å²) in [6.07, 6.45) is 16.3. The van der Waals surface area contributed by atoms with Crippen molar-refractivity contribution in [3.05, 3.63) is 84.2 Å². The molecule has 608 valence electrons. The Balaban J connectivity index is 0.000000196. The Morgan fingerprint density at radius 2 is 0.911 bits per heavy atom. The molecule has 2 N–H and O–H groups in total. The Hall–Kier alpha value is -8.00. The first-order chi connectivity index (χ1) is 52.8. The quantitative estimate of drug-likeness (QED) is 0.0875. The van der Waals surface area contributed by atoms with Gasteiger partial charge < -0.3 is 38.2 Å². The lowest BCUT2D eigenvalue weighted by Gasteiger charge is -2.32. The van der Waals surface area contributed by atoms with Gasteiger partial charge in [0.05, 0.1) is 94.8 Å². The molecule has 0 unspecified atom stereocenters. The number of rotatable bonds is 14. The highest BCUT2D eigenvalue weighted by Gasteiger charge is 2.65. The van der Waals surface area contributed by atoms with E-state index < -0.39 is 111 Å². The molecule has 10 aliphatic rings. The second-order valence-electron chi connectivity index (χ2n) is 36.8. The second-order valence-corrected chi connectivity index (χ2v) is 41.2. The molecule has 6 fully saturated rings. The van der Waals surface area contributed by atoms with Gasteiger partial charge in [0, 0.05) is 47.2 Å². The number of sulfonamides is 2. The zero-order chi connectivity index (χ0) is 80.4. The van der Waals surface area contributed by atoms with E-state index in [9.17, 15) is 55.2 Å². The van der Waals surface area contributed by atoms with E-state index in [0.717, 1.165) is 95.8 Å². The summed E-state index contributed by atoms with van der Waals surface area (Å²) in [5, 5.41) is 3.27. The van der Waals surface area contributed by atoms with Crippen LogP contribution in [0.2, 0.25) is 0 Å². The lowest BCUT2D eigenvalue weighted by Crippen LogP contribution is -2.48. The molecule has 0 bridgehead atoms. The zero-order valence-corrected chi connectivity index (χ0v) is 68.8. The van der Waals surface area contributed by atoms with Gasteiger partial charge in [-0.1, -0.05) is 88.4 Å². The van der Waals surface area contributed by atoms with Crippen molar-refractivity contribution in [2.75, 3.05) is 26.3 Å². The first-order valence-corrected chi connectivity index (χ1v) is 43.7. The average Bonchev–Trinajstić information content (AvgIpc) is 1.53. The molecular formula is C86H114N6O18S2. The van der Waals surface area contributed by atoms with E-state index in [1.807, 2.05) is 86.7 Å². The molecular weight excluding hydrogens is 1470 g/mol. The van der Waals surface area contributed by atoms with E-state index in [0.29, 0.717) is 76.3 Å². The molecule has 0 radical (unpaired) electrons. The normalized spacial score (nSPS) is 31.1. The molecule has 2 saturated heterocycles. The van der Waals surface area contributed by atoms with Crippen LogP contribution in [0.3, 0.4) is 0 Å². The average molecular weight is 1580 g/mol. The molecule has 14 rings (SSSR count). The topological polar surface area (TPSA) is 317 Å². The molecule has 24 nitrogen and oxygen atoms in total. The highest BCUT2D eigenvalue weighted by Crippen LogP contribution is 2.60. The van der Waals surface area contributed by atoms with Gasteiger partial charge in [-0.3, -0.25) is 47.8 Å². The number of aryl methyl sites for hydroxylation is 2. The molecule has 2 aromatic carbocycles. The number of pyridine rings is 2. The number of ketones is 2. The maximum atomic E-state index is 14.9. The molecule has 4 aliphatic carbocycles. The Morgan fingerprint density at radius 1 is 0.545 bits per heavy atom. The minimum atomic E-state index is -3.95. The van der Waals surface area contributed by atoms with Gasteiger partial charge in [0.25, 0.3) is 0 Å². The van der Waals surface area contributed by atoms with Gasteiger partial charge >= 0.3 is 11.9 Å². The molecule has 112 heavy (non-hydrogen) atoms. The number of nitrogens with one attached hydrogen (secondary N) is 2. The van der Waals surface area contributed by atoms with E-state index in [1.54, 1.807) is 65.2 Å². The summed E-state index contributed by atoms with van der Waals surface area (Å²) in [6, 6.07) is 13.5. The number of hydrogen-bond acceptors (Lipinski definition) is 20. The van der Waals surface area contributed by atoms with Crippen LogP contribution in [0.5, 0.6) is 23.3 Å². The van der Waals surface area contributed by atoms with E-state index in [1.165, 1.54) is 0 Å². The van der Waals surface area contributed by atoms with E-state index >= 15 is 0 Å². The number of benzene rings is 2. The number of fused-ring (bicyclic) bond motifs is 10. The van der Waals surface area contributed by atoms with Crippen molar-refractivity contribution in [3.8, 4) is 23.3 Å². The van der Waals surface area contributed by atoms with Gasteiger partial charge in [0.2, 0.25) is 55.4 Å². The van der Waals surface area contributed by atoms with Crippen molar-refractivity contribution < 1.29 is 83.6 Å². The second kappa shape index (κ2) is 31.7. The number of carbonyl (C=O) groups excluding carboxylic acids is 8. The number of amides is 4. The fourth-order valence-electron chi connectivity index (χ4n) is 17.8. The van der Waals surface area contributed by atoms with Crippen LogP contribution < -0.4 is 28.4 Å². The van der Waals surface area contributed by atoms with E-state index in [4.69, 9.17) is 38.4 Å². The fraction of sp³-hybridized carbons (Fsp3) is 0.651. The number of nitrogens with zero attached hydrogens (tertiary/aromatic N) is 4. The Labute approximate surface area is 659 Å². The Bertz CT molecular complexity index is 4360. The number of esters is 2. The first-order valence-electron chi connectivity index (χ1n) is 40.8. The summed E-state index contributed by atoms with van der Waals surface area (Å²) in [5.41, 5.74) is -2.43. The number of aromatic nitrogens is 2. The summed E-state index contributed by atoms with van der Waals surface area (Å²) < 4.78 is 92.5. The molecule has 6 aliphatic heterocycles. The van der Waals surface area contributed by atoms with Crippen LogP contribution in [0.15, 0.2) is 72.8 Å². The van der Waals surface area contributed by atoms with Crippen LogP contribution >= 0.6 is 0 Å². The summed E-state index contributed by atoms with van der Waals surface area (Å²) in [4.78, 5) is 127. The number of carbonyl (C=O) groups is 8. The fourth-order valence-corrected chi connectivity index (χ4v) is 20.5. The lowest BCUT2D eigenvalue weighted by molar-refractivity contribution is -0.160. The van der Waals surface area contributed by atoms with Crippen LogP contribution in [0, 0.1) is 58.2 Å². The Morgan fingerprint density at radius 3 is 1.27 bits per heavy atom. The summed E-state index contributed by atoms with van der Waals surface area (Å²) in [5.74, 6) is -3.54. The third-order valence-corrected chi connectivity index (χ3v) is 29.5. The zero-order valence-electron chi connectivity index (χ0n) is 67.2. The van der Waals surface area contributed by atoms with Crippen molar-refractivity contribution in [3.63, 3.8) is 0 Å². The molecule has 14 atom stereocenters. The van der Waals surface area contributed by atoms with Crippen molar-refractivity contribution in [1.29, 1.82) is 0 Å². The third kappa shape index (κ3) is 17.8. The molecule has 2 aromatic heterocycles. The van der Waals surface area contributed by atoms with Crippen molar-refractivity contribution in [1.82, 2.24) is 29.2 Å². The van der Waals surface area contributed by atoms with Gasteiger partial charge in [0.15, 0.2) is 11.6 Å². The SMILES string of the molecule is C[C@@H]1CC/C=C\[C@@H]2C[C@@]2(C(=O)NS(=O)(=O)C2(C)CC2)CC(=O)[C@@H]2C[C@@H](Oc3nc4c(c5ccccc35)OCCC4)CN2C(=O)[C@@H](CC(=O)OC(C)(C)C)[C@H](C)C1.C[C@H]1CC/C=C\[C@@H]2C[C@@]2(C(=O)NS(=O)(=O)C2(C)CC2)CC(=O)[C@@H]2C[C@@H](Oc3nc4c(c5ccccc35)OCCC4)CN2C(=O)[C@@H](CC(=O)OC(C)(C)C)[C@H](C)C1. The monoisotopic (exact) mass is 1580 g/mol. The summed E-state index contributed by atoms with van der Waals surface area (Å²) in [6.45, 7) is 23.6. The molecule has 4 aromatic rings. The predicted molar refractivity (Wildman–Crippen MR) is 420 cm³/mol. The van der Waals surface area contributed by atoms with Crippen LogP contribution in [0.4, 0.5) is 0 Å². The lowest BCUT2D eigenvalue weighted by atomic mass is 9.82. The van der Waals surface area contributed by atoms with Gasteiger partial charge in [-0.05, 0) is 206 Å². The van der Waals surface area contributed by atoms with Gasteiger partial charge in [-0.25, -0.2) is 26.8 Å². The standard InChI is InChI=1S/2C43H57N3O9S/c2*1-26-12-7-8-13-28-23-43(28,40(50)45-56(51,52)42(6)17-18-42)24-35(47)34-21-29(25-46(34)39(49)32(27(2)20-26)22-36(48)55-41(3,4)5)54-38-31-15-10-9-14-30(31)37-33(44-38)16-11-19-53-37/h2*8-10,13-15,26-29,32,34H,7,11-12,16-25H2,1-6H3,(H,45,50)/b2*13-8-/t26-,27+,28+,29+,32-,34-,43+;26-,27-,28-,29-,32+,34+,43-/m01/s1. The molecule has 8 heterocycles. The number of ether oxygens (including phenoxy) is 6. The van der Waals surface area contributed by atoms with Crippen LogP contribution in [-0.2, 0) is 80.7 Å². The molecule has 4 saturated carbocycles. The van der Waals surface area contributed by atoms with E-state index in [-0.39, 0.29) is 111 Å². The maximum Gasteiger partial charge on any atom is 0.307 e. The largest absolute Gasteiger partial charge is 0.491 e. The summed E-state index contributed by atoms with van der Waals surface area (Å²) in [7, 11) is -7.90. The van der Waals surface area contributed by atoms with Crippen LogP contribution in [0.1, 0.15) is 223 Å². The first kappa shape index (κ1) is 82.0. The van der Waals surface area contributed by atoms with Gasteiger partial charge in [-0.2, -0.15) is 0 Å². The van der Waals surface area contributed by atoms with E-state index in [2.05, 4.69) is 23.3 Å². The summed E-state index contributed by atoms with van der Waals surface area (Å²) >= 11 is 0. The highest BCUT2D eigenvalue weighted by molar-refractivity contribution is 7.92. The van der Waals surface area contributed by atoms with Crippen molar-refractivity contribution in [2.24, 2.45) is 58.2 Å². The molecule has 26 heteroatoms. The number of hydrogen-bond donors (Lipinski definition) is 2. The molecule has 0 spiro atoms. The van der Waals surface area contributed by atoms with Crippen LogP contribution in [0.25, 0.3) is 21.5 Å². The van der Waals surface area contributed by atoms with Crippen molar-refractivity contribution >= 4 is 88.7 Å². The number of Topliss-reactive ketones (excluding diaryl/α,β-unsaturated/α-hetero) is 2. The van der Waals surface area contributed by atoms with Gasteiger partial charge in [0.1, 0.15) is 34.9 Å². The Kier molecular flexibility index (Phi) is 23.2. The van der Waals surface area contributed by atoms with Crippen LogP contribution in [-0.4, -0.2) is 155 Å². The minimum absolute atomic E-state index is 0.0706. The third-order valence-electron chi connectivity index (χ3n) is 25.2. The smallest absolute Gasteiger partial charge is 0.307 e. The predicted octanol–water partition coefficient (Wildman–Crippen LogP) is 12.5. The highest BCUT2D eigenvalue weighted by atomic mass is 32.2.